The van der Waals surface area contributed by atoms with Crippen molar-refractivity contribution in [3.8, 4) is 17.0 Å². The van der Waals surface area contributed by atoms with E-state index < -0.39 is 40.0 Å². The third-order valence-corrected chi connectivity index (χ3v) is 15.8. The van der Waals surface area contributed by atoms with Gasteiger partial charge in [-0.05, 0) is 119 Å². The molecular weight excluding hydrogens is 714 g/mol. The van der Waals surface area contributed by atoms with Crippen LogP contribution < -0.4 is 10.1 Å². The summed E-state index contributed by atoms with van der Waals surface area (Å²) in [5.41, 5.74) is 4.50. The number of nitrogens with one attached hydrogen (secondary N) is 1. The maximum Gasteiger partial charge on any atom is 0.327 e. The van der Waals surface area contributed by atoms with Gasteiger partial charge in [0.05, 0.1) is 17.7 Å². The fraction of sp³-hybridized carbons (Fsp3) is 0.610. The normalized spacial score (nSPS) is 35.4. The summed E-state index contributed by atoms with van der Waals surface area (Å²) in [5, 5.41) is 16.6. The second kappa shape index (κ2) is 13.2. The highest BCUT2D eigenvalue weighted by atomic mass is 35.5. The summed E-state index contributed by atoms with van der Waals surface area (Å²) in [5.74, 6) is 1.00. The first-order chi connectivity index (χ1) is 25.1. The highest BCUT2D eigenvalue weighted by Crippen LogP contribution is 2.66. The topological polar surface area (TPSA) is 131 Å². The lowest BCUT2D eigenvalue weighted by Crippen LogP contribution is -2.70. The minimum Gasteiger partial charge on any atom is -0.490 e. The van der Waals surface area contributed by atoms with E-state index in [2.05, 4.69) is 37.0 Å². The Bertz CT molecular complexity index is 1910. The van der Waals surface area contributed by atoms with Crippen molar-refractivity contribution in [2.45, 2.75) is 114 Å². The first kappa shape index (κ1) is 36.7. The number of rotatable bonds is 9. The van der Waals surface area contributed by atoms with Gasteiger partial charge in [-0.1, -0.05) is 54.4 Å². The average molecular weight is 764 g/mol. The first-order valence-electron chi connectivity index (χ1n) is 19.1. The monoisotopic (exact) mass is 763 g/mol. The van der Waals surface area contributed by atoms with Crippen molar-refractivity contribution in [1.29, 1.82) is 0 Å². The third-order valence-electron chi connectivity index (χ3n) is 13.9. The Hall–Kier alpha value is -3.28. The van der Waals surface area contributed by atoms with Gasteiger partial charge < -0.3 is 29.3 Å². The quantitative estimate of drug-likeness (QED) is 0.194. The first-order valence-corrected chi connectivity index (χ1v) is 20.3. The van der Waals surface area contributed by atoms with Crippen molar-refractivity contribution >= 4 is 41.1 Å². The van der Waals surface area contributed by atoms with Crippen LogP contribution in [0.5, 0.6) is 5.75 Å². The molecule has 0 spiro atoms. The van der Waals surface area contributed by atoms with Gasteiger partial charge in [0.15, 0.2) is 0 Å². The minimum absolute atomic E-state index is 0.188. The molecule has 6 aliphatic rings. The van der Waals surface area contributed by atoms with Gasteiger partial charge in [-0.15, -0.1) is 11.8 Å². The van der Waals surface area contributed by atoms with E-state index in [4.69, 9.17) is 25.6 Å². The van der Waals surface area contributed by atoms with Gasteiger partial charge in [0.1, 0.15) is 46.8 Å². The molecule has 0 radical (unpaired) electrons. The number of benzene rings is 1. The zero-order chi connectivity index (χ0) is 37.6. The molecule has 2 amide bonds. The van der Waals surface area contributed by atoms with E-state index in [1.54, 1.807) is 44.5 Å². The molecule has 8 rings (SSSR count). The fourth-order valence-corrected chi connectivity index (χ4v) is 13.0. The SMILES string of the molecule is C=C1C=C2CCC3C(CCC4(C)C(OCCOc5ccc(-c6noc(C)c6C(=O)NC6C(=O)N7C6SC(C)(C)C7C(=O)O)cc5Cl)CCC34)C2(C)CC1. The summed E-state index contributed by atoms with van der Waals surface area (Å²) in [6.45, 7) is 15.3. The van der Waals surface area contributed by atoms with Crippen LogP contribution in [0.1, 0.15) is 95.2 Å². The molecule has 10 nitrogen and oxygen atoms in total. The van der Waals surface area contributed by atoms with Crippen LogP contribution in [0.15, 0.2) is 46.5 Å². The van der Waals surface area contributed by atoms with E-state index in [9.17, 15) is 19.5 Å². The molecule has 9 unspecified atom stereocenters. The molecule has 4 aliphatic carbocycles. The summed E-state index contributed by atoms with van der Waals surface area (Å²) in [4.78, 5) is 39.8. The number of carboxylic acids is 1. The minimum atomic E-state index is -1.06. The van der Waals surface area contributed by atoms with Gasteiger partial charge in [-0.2, -0.15) is 0 Å². The molecule has 53 heavy (non-hydrogen) atoms. The molecule has 2 aliphatic heterocycles. The number of hydrogen-bond acceptors (Lipinski definition) is 8. The number of aromatic nitrogens is 1. The van der Waals surface area contributed by atoms with Crippen LogP contribution in [-0.4, -0.2) is 74.5 Å². The second-order valence-electron chi connectivity index (χ2n) is 17.1. The molecule has 5 fully saturated rings. The van der Waals surface area contributed by atoms with Crippen molar-refractivity contribution in [2.24, 2.45) is 28.6 Å². The van der Waals surface area contributed by atoms with E-state index >= 15 is 0 Å². The number of carboxylic acid groups (broad SMARTS) is 1. The molecule has 3 heterocycles. The number of amides is 2. The van der Waals surface area contributed by atoms with Crippen LogP contribution >= 0.6 is 23.4 Å². The Labute approximate surface area is 320 Å². The maximum atomic E-state index is 13.5. The van der Waals surface area contributed by atoms with Gasteiger partial charge in [-0.3, -0.25) is 9.59 Å². The zero-order valence-electron chi connectivity index (χ0n) is 31.2. The number of nitrogens with zero attached hydrogens (tertiary/aromatic N) is 2. The summed E-state index contributed by atoms with van der Waals surface area (Å²) >= 11 is 8.06. The zero-order valence-corrected chi connectivity index (χ0v) is 32.8. The van der Waals surface area contributed by atoms with Gasteiger partial charge in [0, 0.05) is 10.3 Å². The predicted octanol–water partition coefficient (Wildman–Crippen LogP) is 7.83. The number of thioether (sulfide) groups is 1. The van der Waals surface area contributed by atoms with Gasteiger partial charge in [0.25, 0.3) is 5.91 Å². The second-order valence-corrected chi connectivity index (χ2v) is 19.3. The summed E-state index contributed by atoms with van der Waals surface area (Å²) in [6, 6.07) is 3.39. The maximum absolute atomic E-state index is 13.5. The number of carbonyl (C=O) groups excluding carboxylic acids is 2. The number of hydrogen-bond donors (Lipinski definition) is 2. The number of aliphatic carboxylic acids is 1. The van der Waals surface area contributed by atoms with E-state index in [0.717, 1.165) is 24.7 Å². The molecular formula is C41H50ClN3O7S. The van der Waals surface area contributed by atoms with E-state index in [0.29, 0.717) is 40.9 Å². The van der Waals surface area contributed by atoms with Crippen molar-refractivity contribution in [3.63, 3.8) is 0 Å². The van der Waals surface area contributed by atoms with Gasteiger partial charge >= 0.3 is 5.97 Å². The highest BCUT2D eigenvalue weighted by Gasteiger charge is 2.64. The van der Waals surface area contributed by atoms with E-state index in [-0.39, 0.29) is 28.5 Å². The number of β-lactam (4-membered cyclic amide) rings is 1. The van der Waals surface area contributed by atoms with Crippen molar-refractivity contribution in [3.05, 3.63) is 58.3 Å². The summed E-state index contributed by atoms with van der Waals surface area (Å²) < 4.78 is 17.4. The predicted molar refractivity (Wildman–Crippen MR) is 203 cm³/mol. The van der Waals surface area contributed by atoms with Crippen LogP contribution in [0.4, 0.5) is 0 Å². The summed E-state index contributed by atoms with van der Waals surface area (Å²) in [7, 11) is 0. The average Bonchev–Trinajstić information content (AvgIpc) is 3.74. The Morgan fingerprint density at radius 3 is 2.66 bits per heavy atom. The van der Waals surface area contributed by atoms with Crippen molar-refractivity contribution < 1.29 is 33.5 Å². The Kier molecular flexibility index (Phi) is 9.13. The largest absolute Gasteiger partial charge is 0.490 e. The summed E-state index contributed by atoms with van der Waals surface area (Å²) in [6.07, 6.45) is 12.3. The standard InChI is InChI=1S/C41H50ClN3O7S/c1-21-13-15-40(5)24(19-21)8-9-25-26-10-12-30(41(26,6)16-14-27(25)40)51-18-17-50-29-11-7-23(20-28(29)42)32-31(22(2)52-44-32)35(46)43-33-36(47)45-34(38(48)49)39(3,4)53-37(33)45/h7,11,19-20,25-27,30,33-34,37H,1,8-10,12-18H2,2-6H3,(H,43,46)(H,48,49). The van der Waals surface area contributed by atoms with Crippen molar-refractivity contribution in [2.75, 3.05) is 13.2 Å². The lowest BCUT2D eigenvalue weighted by atomic mass is 9.47. The molecule has 9 atom stereocenters. The molecule has 2 aromatic rings. The number of halogens is 1. The van der Waals surface area contributed by atoms with Gasteiger partial charge in [0.2, 0.25) is 5.91 Å². The molecule has 12 heteroatoms. The molecule has 2 N–H and O–H groups in total. The van der Waals surface area contributed by atoms with Crippen LogP contribution in [0.25, 0.3) is 11.3 Å². The molecule has 1 aromatic heterocycles. The molecule has 3 saturated carbocycles. The Morgan fingerprint density at radius 2 is 1.91 bits per heavy atom. The van der Waals surface area contributed by atoms with E-state index in [1.807, 2.05) is 0 Å². The molecule has 2 saturated heterocycles. The lowest BCUT2D eigenvalue weighted by molar-refractivity contribution is -0.159. The van der Waals surface area contributed by atoms with E-state index in [1.165, 1.54) is 60.8 Å². The Morgan fingerprint density at radius 1 is 1.11 bits per heavy atom. The smallest absolute Gasteiger partial charge is 0.327 e. The highest BCUT2D eigenvalue weighted by molar-refractivity contribution is 8.01. The number of fused-ring (bicyclic) bond motifs is 6. The fourth-order valence-electron chi connectivity index (χ4n) is 11.2. The van der Waals surface area contributed by atoms with Crippen LogP contribution in [0.2, 0.25) is 5.02 Å². The number of ether oxygens (including phenoxy) is 2. The van der Waals surface area contributed by atoms with Crippen LogP contribution in [0, 0.1) is 35.5 Å². The van der Waals surface area contributed by atoms with Crippen LogP contribution in [0.3, 0.4) is 0 Å². The molecule has 1 aromatic carbocycles. The lowest BCUT2D eigenvalue weighted by Gasteiger charge is -2.58. The van der Waals surface area contributed by atoms with Gasteiger partial charge in [-0.25, -0.2) is 4.79 Å². The van der Waals surface area contributed by atoms with Crippen LogP contribution in [-0.2, 0) is 14.3 Å². The van der Waals surface area contributed by atoms with Crippen molar-refractivity contribution in [1.82, 2.24) is 15.4 Å². The number of carbonyl (C=O) groups is 3. The number of allylic oxidation sites excluding steroid dienone is 3. The third kappa shape index (κ3) is 5.86. The Balaban J connectivity index is 0.871. The molecule has 284 valence electrons. The molecule has 0 bridgehead atoms. The number of aryl methyl sites for hydroxylation is 1.